The number of nitro benzene ring substituents is 1. The summed E-state index contributed by atoms with van der Waals surface area (Å²) in [5.41, 5.74) is -0.0320. The molecule has 1 fully saturated rings. The van der Waals surface area contributed by atoms with Gasteiger partial charge in [0, 0.05) is 17.7 Å². The summed E-state index contributed by atoms with van der Waals surface area (Å²) < 4.78 is 0.182. The highest BCUT2D eigenvalue weighted by Crippen LogP contribution is 2.33. The van der Waals surface area contributed by atoms with Crippen molar-refractivity contribution in [3.8, 4) is 5.75 Å². The molecular formula is C10H7N3O4S2. The summed E-state index contributed by atoms with van der Waals surface area (Å²) in [7, 11) is 0. The van der Waals surface area contributed by atoms with E-state index in [9.17, 15) is 20.0 Å². The number of aromatic hydroxyl groups is 1. The molecule has 0 spiro atoms. The zero-order valence-electron chi connectivity index (χ0n) is 9.27. The predicted octanol–water partition coefficient (Wildman–Crippen LogP) is 1.38. The monoisotopic (exact) mass is 297 g/mol. The molecule has 0 saturated carbocycles. The van der Waals surface area contributed by atoms with E-state index in [1.54, 1.807) is 0 Å². The molecule has 1 aromatic rings. The molecule has 9 heteroatoms. The lowest BCUT2D eigenvalue weighted by molar-refractivity contribution is -0.384. The first-order chi connectivity index (χ1) is 8.90. The molecule has 2 rings (SSSR count). The maximum absolute atomic E-state index is 11.7. The van der Waals surface area contributed by atoms with Crippen molar-refractivity contribution in [2.75, 3.05) is 0 Å². The Morgan fingerprint density at radius 1 is 1.53 bits per heavy atom. The maximum Gasteiger partial charge on any atom is 0.280 e. The smallest absolute Gasteiger partial charge is 0.280 e. The Morgan fingerprint density at radius 3 is 2.74 bits per heavy atom. The number of hydrogen-bond acceptors (Lipinski definition) is 7. The van der Waals surface area contributed by atoms with Crippen molar-refractivity contribution in [3.05, 3.63) is 38.8 Å². The topological polar surface area (TPSA) is 110 Å². The average molecular weight is 297 g/mol. The Morgan fingerprint density at radius 2 is 2.21 bits per heavy atom. The van der Waals surface area contributed by atoms with E-state index in [1.165, 1.54) is 24.3 Å². The van der Waals surface area contributed by atoms with E-state index in [-0.39, 0.29) is 26.2 Å². The number of thioether (sulfide) groups is 1. The van der Waals surface area contributed by atoms with Crippen LogP contribution in [0.4, 0.5) is 5.69 Å². The van der Waals surface area contributed by atoms with E-state index >= 15 is 0 Å². The van der Waals surface area contributed by atoms with Gasteiger partial charge in [0.1, 0.15) is 5.75 Å². The van der Waals surface area contributed by atoms with Crippen molar-refractivity contribution in [3.63, 3.8) is 0 Å². The molecule has 0 aliphatic carbocycles. The summed E-state index contributed by atoms with van der Waals surface area (Å²) in [5.74, 6) is 4.71. The van der Waals surface area contributed by atoms with Gasteiger partial charge in [-0.05, 0) is 12.1 Å². The van der Waals surface area contributed by atoms with Crippen LogP contribution in [0.1, 0.15) is 5.56 Å². The molecule has 0 atom stereocenters. The van der Waals surface area contributed by atoms with Crippen molar-refractivity contribution in [1.29, 1.82) is 0 Å². The maximum atomic E-state index is 11.7. The van der Waals surface area contributed by atoms with E-state index in [1.807, 2.05) is 0 Å². The second-order valence-electron chi connectivity index (χ2n) is 3.55. The third-order valence-corrected chi connectivity index (χ3v) is 3.66. The number of nitro groups is 1. The summed E-state index contributed by atoms with van der Waals surface area (Å²) in [4.78, 5) is 21.9. The van der Waals surface area contributed by atoms with Crippen LogP contribution in [0.5, 0.6) is 5.75 Å². The van der Waals surface area contributed by atoms with Crippen molar-refractivity contribution >= 4 is 46.0 Å². The van der Waals surface area contributed by atoms with Crippen molar-refractivity contribution in [1.82, 2.24) is 5.01 Å². The molecule has 19 heavy (non-hydrogen) atoms. The number of carbonyl (C=O) groups is 1. The van der Waals surface area contributed by atoms with Gasteiger partial charge in [-0.1, -0.05) is 24.0 Å². The minimum Gasteiger partial charge on any atom is -0.507 e. The van der Waals surface area contributed by atoms with Crippen LogP contribution >= 0.6 is 24.0 Å². The normalized spacial score (nSPS) is 17.3. The highest BCUT2D eigenvalue weighted by molar-refractivity contribution is 8.26. The number of hydrogen-bond donors (Lipinski definition) is 2. The Hall–Kier alpha value is -1.97. The summed E-state index contributed by atoms with van der Waals surface area (Å²) in [6.07, 6.45) is 1.31. The lowest BCUT2D eigenvalue weighted by atomic mass is 10.1. The number of hydrazine groups is 1. The molecule has 0 aromatic heterocycles. The molecule has 1 amide bonds. The van der Waals surface area contributed by atoms with Gasteiger partial charge in [-0.25, -0.2) is 10.9 Å². The number of phenolic OH excluding ortho intramolecular Hbond substituents is 1. The second-order valence-corrected chi connectivity index (χ2v) is 5.23. The number of nitrogens with two attached hydrogens (primary N) is 1. The van der Waals surface area contributed by atoms with Gasteiger partial charge >= 0.3 is 0 Å². The average Bonchev–Trinajstić information content (AvgIpc) is 2.59. The third-order valence-electron chi connectivity index (χ3n) is 2.33. The standard InChI is InChI=1S/C10H7N3O4S2/c11-12-9(15)8(19-10(12)18)4-5-3-6(13(16)17)1-2-7(5)14/h1-4,14H,11H2/b8-4-. The largest absolute Gasteiger partial charge is 0.507 e. The van der Waals surface area contributed by atoms with Gasteiger partial charge in [-0.3, -0.25) is 14.9 Å². The molecular weight excluding hydrogens is 290 g/mol. The fourth-order valence-corrected chi connectivity index (χ4v) is 2.49. The van der Waals surface area contributed by atoms with Gasteiger partial charge in [-0.15, -0.1) is 0 Å². The Balaban J connectivity index is 2.43. The molecule has 1 aliphatic rings. The number of phenols is 1. The van der Waals surface area contributed by atoms with Gasteiger partial charge < -0.3 is 5.11 Å². The van der Waals surface area contributed by atoms with Crippen LogP contribution in [0.15, 0.2) is 23.1 Å². The molecule has 3 N–H and O–H groups in total. The fraction of sp³-hybridized carbons (Fsp3) is 0. The Bertz CT molecular complexity index is 629. The quantitative estimate of drug-likeness (QED) is 0.212. The highest BCUT2D eigenvalue weighted by Gasteiger charge is 2.30. The van der Waals surface area contributed by atoms with E-state index in [2.05, 4.69) is 0 Å². The van der Waals surface area contributed by atoms with Crippen molar-refractivity contribution in [2.45, 2.75) is 0 Å². The molecule has 0 bridgehead atoms. The summed E-state index contributed by atoms with van der Waals surface area (Å²) >= 11 is 5.81. The van der Waals surface area contributed by atoms with Gasteiger partial charge in [0.05, 0.1) is 9.83 Å². The summed E-state index contributed by atoms with van der Waals surface area (Å²) in [5, 5.41) is 21.1. The van der Waals surface area contributed by atoms with Crippen LogP contribution in [-0.4, -0.2) is 25.3 Å². The fourth-order valence-electron chi connectivity index (χ4n) is 1.39. The van der Waals surface area contributed by atoms with E-state index in [4.69, 9.17) is 18.1 Å². The van der Waals surface area contributed by atoms with Gasteiger partial charge in [0.15, 0.2) is 4.32 Å². The molecule has 98 valence electrons. The predicted molar refractivity (Wildman–Crippen MR) is 74.0 cm³/mol. The number of carbonyl (C=O) groups excluding carboxylic acids is 1. The van der Waals surface area contributed by atoms with E-state index in [0.29, 0.717) is 0 Å². The van der Waals surface area contributed by atoms with Crippen LogP contribution in [0.3, 0.4) is 0 Å². The van der Waals surface area contributed by atoms with E-state index in [0.717, 1.165) is 16.8 Å². The molecule has 0 unspecified atom stereocenters. The number of rotatable bonds is 2. The van der Waals surface area contributed by atoms with Crippen molar-refractivity contribution < 1.29 is 14.8 Å². The van der Waals surface area contributed by atoms with Crippen LogP contribution in [0, 0.1) is 10.1 Å². The van der Waals surface area contributed by atoms with Crippen molar-refractivity contribution in [2.24, 2.45) is 5.84 Å². The van der Waals surface area contributed by atoms with Gasteiger partial charge in [0.25, 0.3) is 11.6 Å². The first kappa shape index (κ1) is 13.5. The number of benzene rings is 1. The summed E-state index contributed by atoms with van der Waals surface area (Å²) in [6.45, 7) is 0. The van der Waals surface area contributed by atoms with Gasteiger partial charge in [-0.2, -0.15) is 0 Å². The first-order valence-electron chi connectivity index (χ1n) is 4.90. The molecule has 0 radical (unpaired) electrons. The zero-order valence-corrected chi connectivity index (χ0v) is 10.9. The Kier molecular flexibility index (Phi) is 3.51. The molecule has 1 saturated heterocycles. The van der Waals surface area contributed by atoms with Crippen LogP contribution < -0.4 is 5.84 Å². The highest BCUT2D eigenvalue weighted by atomic mass is 32.2. The van der Waals surface area contributed by atoms with Gasteiger partial charge in [0.2, 0.25) is 0 Å². The third kappa shape index (κ3) is 2.57. The van der Waals surface area contributed by atoms with Crippen LogP contribution in [0.2, 0.25) is 0 Å². The first-order valence-corrected chi connectivity index (χ1v) is 6.12. The molecule has 1 heterocycles. The second kappa shape index (κ2) is 4.96. The molecule has 1 aliphatic heterocycles. The minimum atomic E-state index is -0.592. The molecule has 7 nitrogen and oxygen atoms in total. The lowest BCUT2D eigenvalue weighted by Crippen LogP contribution is -2.34. The summed E-state index contributed by atoms with van der Waals surface area (Å²) in [6, 6.07) is 3.52. The van der Waals surface area contributed by atoms with E-state index < -0.39 is 10.8 Å². The zero-order chi connectivity index (χ0) is 14.2. The lowest BCUT2D eigenvalue weighted by Gasteiger charge is -2.03. The molecule has 1 aromatic carbocycles. The SMILES string of the molecule is NN1C(=O)/C(=C/c2cc([N+](=O)[O-])ccc2O)SC1=S. The minimum absolute atomic E-state index is 0.156. The van der Waals surface area contributed by atoms with Crippen LogP contribution in [-0.2, 0) is 4.79 Å². The number of thiocarbonyl (C=S) groups is 1. The van der Waals surface area contributed by atoms with Crippen LogP contribution in [0.25, 0.3) is 6.08 Å². The number of non-ortho nitro benzene ring substituents is 1. The number of amides is 1. The Labute approximate surface area is 116 Å². The number of nitrogens with zero attached hydrogens (tertiary/aromatic N) is 2.